The zero-order valence-corrected chi connectivity index (χ0v) is 13.2. The lowest BCUT2D eigenvalue weighted by atomic mass is 10.2. The minimum atomic E-state index is -0.448. The standard InChI is InChI=1S/C15H15FN6O2/c1-3-13-18-12(20-24-13)8-17-15(23)14-9(2)22(21-19-14)11-7-5-4-6-10(11)16/h4-7H,3,8H2,1-2H3,(H,17,23). The van der Waals surface area contributed by atoms with Gasteiger partial charge in [-0.25, -0.2) is 9.07 Å². The number of aromatic nitrogens is 5. The van der Waals surface area contributed by atoms with E-state index in [2.05, 4.69) is 25.8 Å². The number of para-hydroxylation sites is 1. The Kier molecular flexibility index (Phi) is 4.32. The van der Waals surface area contributed by atoms with Gasteiger partial charge in [0.15, 0.2) is 11.5 Å². The lowest BCUT2D eigenvalue weighted by Gasteiger charge is -2.04. The molecule has 1 aromatic carbocycles. The minimum absolute atomic E-state index is 0.105. The second kappa shape index (κ2) is 6.57. The molecule has 1 N–H and O–H groups in total. The SMILES string of the molecule is CCc1nc(CNC(=O)c2nnn(-c3ccccc3F)c2C)no1. The van der Waals surface area contributed by atoms with Gasteiger partial charge in [0.1, 0.15) is 11.5 Å². The van der Waals surface area contributed by atoms with Crippen LogP contribution in [0.5, 0.6) is 0 Å². The van der Waals surface area contributed by atoms with Gasteiger partial charge in [0.05, 0.1) is 12.2 Å². The molecule has 0 saturated heterocycles. The number of aryl methyl sites for hydroxylation is 1. The maximum absolute atomic E-state index is 13.9. The molecule has 9 heteroatoms. The average Bonchev–Trinajstić information content (AvgIpc) is 3.20. The number of nitrogens with one attached hydrogen (secondary N) is 1. The normalized spacial score (nSPS) is 10.8. The van der Waals surface area contributed by atoms with Crippen LogP contribution < -0.4 is 5.32 Å². The monoisotopic (exact) mass is 330 g/mol. The molecule has 3 aromatic rings. The summed E-state index contributed by atoms with van der Waals surface area (Å²) in [5.74, 6) is -0.0189. The number of hydrogen-bond donors (Lipinski definition) is 1. The van der Waals surface area contributed by atoms with E-state index in [1.807, 2.05) is 6.92 Å². The summed E-state index contributed by atoms with van der Waals surface area (Å²) >= 11 is 0. The number of carbonyl (C=O) groups is 1. The molecule has 0 aliphatic heterocycles. The lowest BCUT2D eigenvalue weighted by molar-refractivity contribution is 0.0944. The minimum Gasteiger partial charge on any atom is -0.343 e. The van der Waals surface area contributed by atoms with Gasteiger partial charge in [-0.15, -0.1) is 5.10 Å². The van der Waals surface area contributed by atoms with Gasteiger partial charge in [0.25, 0.3) is 5.91 Å². The number of carbonyl (C=O) groups excluding carboxylic acids is 1. The summed E-state index contributed by atoms with van der Waals surface area (Å²) in [5.41, 5.74) is 0.768. The third kappa shape index (κ3) is 3.00. The number of hydrogen-bond acceptors (Lipinski definition) is 6. The predicted molar refractivity (Wildman–Crippen MR) is 80.9 cm³/mol. The maximum atomic E-state index is 13.9. The molecule has 0 saturated carbocycles. The van der Waals surface area contributed by atoms with E-state index in [-0.39, 0.29) is 17.9 Å². The molecule has 0 aliphatic carbocycles. The number of nitrogens with zero attached hydrogens (tertiary/aromatic N) is 5. The smallest absolute Gasteiger partial charge is 0.274 e. The Morgan fingerprint density at radius 2 is 2.17 bits per heavy atom. The van der Waals surface area contributed by atoms with Crippen LogP contribution in [0.4, 0.5) is 4.39 Å². The van der Waals surface area contributed by atoms with Gasteiger partial charge in [0.2, 0.25) is 5.89 Å². The molecule has 0 radical (unpaired) electrons. The summed E-state index contributed by atoms with van der Waals surface area (Å²) < 4.78 is 20.1. The van der Waals surface area contributed by atoms with Crippen LogP contribution in [0.3, 0.4) is 0 Å². The van der Waals surface area contributed by atoms with E-state index in [1.54, 1.807) is 25.1 Å². The van der Waals surface area contributed by atoms with Gasteiger partial charge in [0, 0.05) is 6.42 Å². The molecule has 0 aliphatic rings. The number of amides is 1. The van der Waals surface area contributed by atoms with Gasteiger partial charge < -0.3 is 9.84 Å². The Morgan fingerprint density at radius 3 is 2.88 bits per heavy atom. The molecule has 0 spiro atoms. The third-order valence-corrected chi connectivity index (χ3v) is 3.41. The molecule has 0 fully saturated rings. The first-order valence-corrected chi connectivity index (χ1v) is 7.37. The van der Waals surface area contributed by atoms with Crippen molar-refractivity contribution in [2.24, 2.45) is 0 Å². The molecule has 124 valence electrons. The summed E-state index contributed by atoms with van der Waals surface area (Å²) in [7, 11) is 0. The Balaban J connectivity index is 1.75. The fourth-order valence-corrected chi connectivity index (χ4v) is 2.14. The van der Waals surface area contributed by atoms with Crippen LogP contribution in [0.2, 0.25) is 0 Å². The molecule has 0 bridgehead atoms. The van der Waals surface area contributed by atoms with Crippen LogP contribution in [0.15, 0.2) is 28.8 Å². The molecule has 2 aromatic heterocycles. The van der Waals surface area contributed by atoms with Gasteiger partial charge in [-0.1, -0.05) is 29.4 Å². The highest BCUT2D eigenvalue weighted by molar-refractivity contribution is 5.93. The van der Waals surface area contributed by atoms with Crippen LogP contribution >= 0.6 is 0 Å². The van der Waals surface area contributed by atoms with Crippen molar-refractivity contribution in [3.05, 3.63) is 53.2 Å². The van der Waals surface area contributed by atoms with E-state index in [0.717, 1.165) is 0 Å². The van der Waals surface area contributed by atoms with E-state index < -0.39 is 11.7 Å². The molecule has 0 unspecified atom stereocenters. The second-order valence-electron chi connectivity index (χ2n) is 5.03. The molecule has 0 atom stereocenters. The summed E-state index contributed by atoms with van der Waals surface area (Å²) in [6, 6.07) is 6.14. The summed E-state index contributed by atoms with van der Waals surface area (Å²) in [4.78, 5) is 16.3. The first kappa shape index (κ1) is 15.8. The van der Waals surface area contributed by atoms with Crippen LogP contribution in [0.25, 0.3) is 5.69 Å². The molecule has 24 heavy (non-hydrogen) atoms. The van der Waals surface area contributed by atoms with E-state index in [1.165, 1.54) is 10.7 Å². The predicted octanol–water partition coefficient (Wildman–Crippen LogP) is 1.59. The lowest BCUT2D eigenvalue weighted by Crippen LogP contribution is -2.24. The number of rotatable bonds is 5. The van der Waals surface area contributed by atoms with Crippen molar-refractivity contribution in [1.82, 2.24) is 30.5 Å². The first-order chi connectivity index (χ1) is 11.6. The highest BCUT2D eigenvalue weighted by Crippen LogP contribution is 2.15. The first-order valence-electron chi connectivity index (χ1n) is 7.37. The van der Waals surface area contributed by atoms with Crippen LogP contribution in [0.1, 0.15) is 34.8 Å². The Bertz CT molecular complexity index is 872. The summed E-state index contributed by atoms with van der Waals surface area (Å²) in [5, 5.41) is 14.1. The van der Waals surface area contributed by atoms with Crippen LogP contribution in [-0.4, -0.2) is 31.0 Å². The van der Waals surface area contributed by atoms with Crippen molar-refractivity contribution in [1.29, 1.82) is 0 Å². The molecular formula is C15H15FN6O2. The Labute approximate surface area is 136 Å². The van der Waals surface area contributed by atoms with Crippen LogP contribution in [0, 0.1) is 12.7 Å². The van der Waals surface area contributed by atoms with Gasteiger partial charge in [-0.05, 0) is 19.1 Å². The van der Waals surface area contributed by atoms with Crippen molar-refractivity contribution in [3.63, 3.8) is 0 Å². The van der Waals surface area contributed by atoms with E-state index >= 15 is 0 Å². The van der Waals surface area contributed by atoms with Crippen molar-refractivity contribution < 1.29 is 13.7 Å². The zero-order chi connectivity index (χ0) is 17.1. The quantitative estimate of drug-likeness (QED) is 0.763. The number of halogens is 1. The van der Waals surface area contributed by atoms with Crippen molar-refractivity contribution >= 4 is 5.91 Å². The topological polar surface area (TPSA) is 98.7 Å². The highest BCUT2D eigenvalue weighted by Gasteiger charge is 2.19. The fraction of sp³-hybridized carbons (Fsp3) is 0.267. The number of benzene rings is 1. The molecule has 1 amide bonds. The van der Waals surface area contributed by atoms with E-state index in [4.69, 9.17) is 4.52 Å². The van der Waals surface area contributed by atoms with Crippen molar-refractivity contribution in [3.8, 4) is 5.69 Å². The van der Waals surface area contributed by atoms with Gasteiger partial charge in [-0.2, -0.15) is 4.98 Å². The van der Waals surface area contributed by atoms with Gasteiger partial charge >= 0.3 is 0 Å². The van der Waals surface area contributed by atoms with Crippen LogP contribution in [-0.2, 0) is 13.0 Å². The summed E-state index contributed by atoms with van der Waals surface area (Å²) in [6.07, 6.45) is 0.622. The average molecular weight is 330 g/mol. The van der Waals surface area contributed by atoms with Crippen molar-refractivity contribution in [2.75, 3.05) is 0 Å². The second-order valence-corrected chi connectivity index (χ2v) is 5.03. The largest absolute Gasteiger partial charge is 0.343 e. The van der Waals surface area contributed by atoms with E-state index in [9.17, 15) is 9.18 Å². The molecular weight excluding hydrogens is 315 g/mol. The van der Waals surface area contributed by atoms with Crippen molar-refractivity contribution in [2.45, 2.75) is 26.8 Å². The fourth-order valence-electron chi connectivity index (χ4n) is 2.14. The molecule has 3 rings (SSSR count). The van der Waals surface area contributed by atoms with E-state index in [0.29, 0.717) is 23.8 Å². The Morgan fingerprint density at radius 1 is 1.38 bits per heavy atom. The highest BCUT2D eigenvalue weighted by atomic mass is 19.1. The maximum Gasteiger partial charge on any atom is 0.274 e. The van der Waals surface area contributed by atoms with Gasteiger partial charge in [-0.3, -0.25) is 4.79 Å². The molecule has 8 nitrogen and oxygen atoms in total. The third-order valence-electron chi connectivity index (χ3n) is 3.41. The zero-order valence-electron chi connectivity index (χ0n) is 13.2. The summed E-state index contributed by atoms with van der Waals surface area (Å²) in [6.45, 7) is 3.64. The molecule has 2 heterocycles. The Hall–Kier alpha value is -3.10.